The van der Waals surface area contributed by atoms with E-state index in [9.17, 15) is 43.2 Å². The maximum absolute atomic E-state index is 13.1. The lowest BCUT2D eigenvalue weighted by atomic mass is 10.0. The number of hydrogen-bond donors (Lipinski definition) is 3. The average molecular weight is 1520 g/mol. The fourth-order valence-electron chi connectivity index (χ4n) is 13.3. The second-order valence-electron chi connectivity index (χ2n) is 30.6. The zero-order valence-electron chi connectivity index (χ0n) is 68.0. The van der Waals surface area contributed by atoms with Gasteiger partial charge in [-0.2, -0.15) is 0 Å². The molecule has 0 aliphatic rings. The highest BCUT2D eigenvalue weighted by Crippen LogP contribution is 2.45. The summed E-state index contributed by atoms with van der Waals surface area (Å²) in [5, 5.41) is 10.7. The van der Waals surface area contributed by atoms with Crippen molar-refractivity contribution in [3.8, 4) is 0 Å². The molecule has 5 atom stereocenters. The maximum Gasteiger partial charge on any atom is 0.472 e. The van der Waals surface area contributed by atoms with Gasteiger partial charge in [0.25, 0.3) is 0 Å². The van der Waals surface area contributed by atoms with Crippen molar-refractivity contribution in [3.05, 3.63) is 0 Å². The van der Waals surface area contributed by atoms with Gasteiger partial charge in [-0.3, -0.25) is 37.3 Å². The quantitative estimate of drug-likeness (QED) is 0.0222. The number of carbonyl (C=O) groups is 4. The molecule has 0 aliphatic heterocycles. The lowest BCUT2D eigenvalue weighted by molar-refractivity contribution is -0.161. The zero-order valence-corrected chi connectivity index (χ0v) is 69.8. The molecule has 0 amide bonds. The van der Waals surface area contributed by atoms with Crippen LogP contribution in [0.4, 0.5) is 0 Å². The van der Waals surface area contributed by atoms with Gasteiger partial charge < -0.3 is 33.8 Å². The first-order valence-corrected chi connectivity index (χ1v) is 47.3. The van der Waals surface area contributed by atoms with Crippen molar-refractivity contribution in [1.29, 1.82) is 0 Å². The van der Waals surface area contributed by atoms with Crippen molar-refractivity contribution >= 4 is 39.5 Å². The second-order valence-corrected chi connectivity index (χ2v) is 33.5. The summed E-state index contributed by atoms with van der Waals surface area (Å²) in [4.78, 5) is 73.2. The summed E-state index contributed by atoms with van der Waals surface area (Å²) in [5.41, 5.74) is 0. The third-order valence-electron chi connectivity index (χ3n) is 20.1. The molecule has 0 aromatic heterocycles. The number of esters is 4. The minimum absolute atomic E-state index is 0.109. The topological polar surface area (TPSA) is 237 Å². The van der Waals surface area contributed by atoms with Crippen LogP contribution in [0.5, 0.6) is 0 Å². The van der Waals surface area contributed by atoms with Crippen LogP contribution in [-0.2, 0) is 65.4 Å². The molecule has 3 N–H and O–H groups in total. The van der Waals surface area contributed by atoms with Gasteiger partial charge in [0, 0.05) is 25.7 Å². The highest BCUT2D eigenvalue weighted by Gasteiger charge is 2.30. The number of rotatable bonds is 86. The van der Waals surface area contributed by atoms with Crippen LogP contribution < -0.4 is 0 Å². The molecule has 618 valence electrons. The largest absolute Gasteiger partial charge is 0.472 e. The number of phosphoric ester groups is 2. The lowest BCUT2D eigenvalue weighted by Crippen LogP contribution is -2.30. The Kier molecular flexibility index (Phi) is 77.7. The van der Waals surface area contributed by atoms with Crippen LogP contribution in [0.1, 0.15) is 464 Å². The Bertz CT molecular complexity index is 1960. The normalized spacial score (nSPS) is 13.7. The van der Waals surface area contributed by atoms with Crippen molar-refractivity contribution in [3.63, 3.8) is 0 Å². The molecular formula is C85H166O17P2. The highest BCUT2D eigenvalue weighted by atomic mass is 31.2. The van der Waals surface area contributed by atoms with Gasteiger partial charge in [-0.15, -0.1) is 0 Å². The average Bonchev–Trinajstić information content (AvgIpc) is 0.919. The van der Waals surface area contributed by atoms with Gasteiger partial charge in [-0.1, -0.05) is 413 Å². The minimum atomic E-state index is -4.96. The van der Waals surface area contributed by atoms with Gasteiger partial charge in [0.05, 0.1) is 26.4 Å². The molecule has 2 unspecified atom stereocenters. The Labute approximate surface area is 638 Å². The maximum atomic E-state index is 13.1. The van der Waals surface area contributed by atoms with Gasteiger partial charge in [0.1, 0.15) is 19.3 Å². The van der Waals surface area contributed by atoms with Crippen LogP contribution in [0.3, 0.4) is 0 Å². The molecule has 0 aliphatic carbocycles. The van der Waals surface area contributed by atoms with Gasteiger partial charge in [0.2, 0.25) is 0 Å². The lowest BCUT2D eigenvalue weighted by Gasteiger charge is -2.21. The molecule has 0 aromatic carbocycles. The summed E-state index contributed by atoms with van der Waals surface area (Å²) in [6.45, 7) is 5.06. The monoisotopic (exact) mass is 1520 g/mol. The van der Waals surface area contributed by atoms with Crippen molar-refractivity contribution in [1.82, 2.24) is 0 Å². The second kappa shape index (κ2) is 79.2. The number of ether oxygens (including phenoxy) is 4. The number of aliphatic hydroxyl groups excluding tert-OH is 1. The molecule has 0 saturated heterocycles. The fraction of sp³-hybridized carbons (Fsp3) is 0.953. The van der Waals surface area contributed by atoms with Crippen LogP contribution in [0.2, 0.25) is 0 Å². The predicted molar refractivity (Wildman–Crippen MR) is 428 cm³/mol. The van der Waals surface area contributed by atoms with E-state index in [2.05, 4.69) is 27.7 Å². The Morgan fingerprint density at radius 3 is 0.567 bits per heavy atom. The molecule has 0 bridgehead atoms. The van der Waals surface area contributed by atoms with Gasteiger partial charge in [-0.25, -0.2) is 9.13 Å². The summed E-state index contributed by atoms with van der Waals surface area (Å²) in [5.74, 6) is -2.10. The van der Waals surface area contributed by atoms with E-state index in [1.807, 2.05) is 0 Å². The SMILES string of the molecule is CCCCCCCCCCCCCCCCCCCCC(=O)OC[C@H](COP(=O)(O)OC[C@@H](O)COP(=O)(O)OC[C@@H](COC(=O)CCCCCCCCCCCCC)OC(=O)CCCCCCCCCCCCCCCCCCC)OC(=O)CCCCCCCCCCCCCCCCCCCC. The minimum Gasteiger partial charge on any atom is -0.462 e. The first-order chi connectivity index (χ1) is 50.7. The zero-order chi connectivity index (χ0) is 76.0. The highest BCUT2D eigenvalue weighted by molar-refractivity contribution is 7.47. The predicted octanol–water partition coefficient (Wildman–Crippen LogP) is 26.1. The van der Waals surface area contributed by atoms with E-state index in [0.29, 0.717) is 25.7 Å². The van der Waals surface area contributed by atoms with Crippen LogP contribution >= 0.6 is 15.6 Å². The van der Waals surface area contributed by atoms with E-state index in [1.165, 1.54) is 295 Å². The van der Waals surface area contributed by atoms with Crippen molar-refractivity contribution < 1.29 is 80.2 Å². The first-order valence-electron chi connectivity index (χ1n) is 44.3. The van der Waals surface area contributed by atoms with E-state index in [0.717, 1.165) is 89.9 Å². The summed E-state index contributed by atoms with van der Waals surface area (Å²) >= 11 is 0. The third-order valence-corrected chi connectivity index (χ3v) is 22.0. The third kappa shape index (κ3) is 78.2. The van der Waals surface area contributed by atoms with Crippen LogP contribution in [0, 0.1) is 0 Å². The number of aliphatic hydroxyl groups is 1. The number of carbonyl (C=O) groups excluding carboxylic acids is 4. The summed E-state index contributed by atoms with van der Waals surface area (Å²) in [6, 6.07) is 0. The van der Waals surface area contributed by atoms with Crippen molar-refractivity contribution in [2.45, 2.75) is 483 Å². The molecule has 0 spiro atoms. The molecule has 0 rings (SSSR count). The molecule has 0 fully saturated rings. The number of unbranched alkanes of at least 4 members (excludes halogenated alkanes) is 60. The molecule has 19 heteroatoms. The first kappa shape index (κ1) is 102. The molecular weight excluding hydrogens is 1350 g/mol. The van der Waals surface area contributed by atoms with Crippen molar-refractivity contribution in [2.75, 3.05) is 39.6 Å². The van der Waals surface area contributed by atoms with Crippen LogP contribution in [0.15, 0.2) is 0 Å². The molecule has 0 radical (unpaired) electrons. The molecule has 0 aromatic rings. The fourth-order valence-corrected chi connectivity index (χ4v) is 14.9. The van der Waals surface area contributed by atoms with E-state index < -0.39 is 97.5 Å². The molecule has 0 saturated carbocycles. The van der Waals surface area contributed by atoms with Gasteiger partial charge >= 0.3 is 39.5 Å². The molecule has 17 nitrogen and oxygen atoms in total. The summed E-state index contributed by atoms with van der Waals surface area (Å²) in [6.07, 6.45) is 73.5. The van der Waals surface area contributed by atoms with E-state index in [-0.39, 0.29) is 25.7 Å². The molecule has 0 heterocycles. The summed E-state index contributed by atoms with van der Waals surface area (Å²) < 4.78 is 68.9. The van der Waals surface area contributed by atoms with E-state index >= 15 is 0 Å². The van der Waals surface area contributed by atoms with Crippen LogP contribution in [-0.4, -0.2) is 96.7 Å². The smallest absolute Gasteiger partial charge is 0.462 e. The number of phosphoric acid groups is 2. The molecule has 104 heavy (non-hydrogen) atoms. The Hall–Kier alpha value is -1.94. The standard InChI is InChI=1S/C85H166O17P2/c1-5-9-13-17-21-25-29-32-35-38-41-43-46-50-54-58-62-66-70-83(88)96-76-81(102-85(90)72-68-64-60-56-52-48-45-42-39-36-33-30-26-22-18-14-10-6-2)78-100-104(93,94)98-74-79(86)73-97-103(91,92)99-77-80(75-95-82(87)69-65-61-57-53-49-28-24-20-16-12-8-4)101-84(89)71-67-63-59-55-51-47-44-40-37-34-31-27-23-19-15-11-7-3/h79-81,86H,5-78H2,1-4H3,(H,91,92)(H,93,94)/t79-,80+,81+/m0/s1. The van der Waals surface area contributed by atoms with E-state index in [1.54, 1.807) is 0 Å². The summed E-state index contributed by atoms with van der Waals surface area (Å²) in [7, 11) is -9.92. The van der Waals surface area contributed by atoms with Crippen molar-refractivity contribution in [2.24, 2.45) is 0 Å². The Balaban J connectivity index is 5.24. The van der Waals surface area contributed by atoms with E-state index in [4.69, 9.17) is 37.0 Å². The Morgan fingerprint density at radius 2 is 0.385 bits per heavy atom. The Morgan fingerprint density at radius 1 is 0.231 bits per heavy atom. The van der Waals surface area contributed by atoms with Gasteiger partial charge in [0.15, 0.2) is 12.2 Å². The van der Waals surface area contributed by atoms with Gasteiger partial charge in [-0.05, 0) is 25.7 Å². The van der Waals surface area contributed by atoms with Crippen LogP contribution in [0.25, 0.3) is 0 Å². The number of hydrogen-bond acceptors (Lipinski definition) is 15.